The van der Waals surface area contributed by atoms with Gasteiger partial charge in [0.1, 0.15) is 0 Å². The molecule has 0 bridgehead atoms. The first-order valence-corrected chi connectivity index (χ1v) is 6.74. The number of benzene rings is 1. The number of guanidine groups is 1. The third-order valence-corrected chi connectivity index (χ3v) is 3.08. The quantitative estimate of drug-likeness (QED) is 0.644. The molecule has 0 saturated carbocycles. The molecule has 2 rings (SSSR count). The minimum Gasteiger partial charge on any atom is -0.370 e. The molecular formula is C16H20N4. The van der Waals surface area contributed by atoms with Gasteiger partial charge in [-0.15, -0.1) is 0 Å². The van der Waals surface area contributed by atoms with Gasteiger partial charge in [0, 0.05) is 12.7 Å². The second-order valence-electron chi connectivity index (χ2n) is 4.63. The van der Waals surface area contributed by atoms with Crippen LogP contribution >= 0.6 is 0 Å². The van der Waals surface area contributed by atoms with Crippen molar-refractivity contribution in [2.75, 3.05) is 6.54 Å². The zero-order valence-electron chi connectivity index (χ0n) is 11.7. The number of nitrogens with zero attached hydrogens (tertiary/aromatic N) is 2. The summed E-state index contributed by atoms with van der Waals surface area (Å²) in [4.78, 5) is 8.59. The van der Waals surface area contributed by atoms with E-state index in [-0.39, 0.29) is 0 Å². The van der Waals surface area contributed by atoms with E-state index in [1.807, 2.05) is 37.3 Å². The molecule has 2 aromatic rings. The molecule has 104 valence electrons. The molecule has 0 radical (unpaired) electrons. The predicted molar refractivity (Wildman–Crippen MR) is 82.4 cm³/mol. The minimum absolute atomic E-state index is 0.464. The Bertz CT molecular complexity index is 564. The summed E-state index contributed by atoms with van der Waals surface area (Å²) >= 11 is 0. The monoisotopic (exact) mass is 268 g/mol. The van der Waals surface area contributed by atoms with E-state index in [0.717, 1.165) is 24.2 Å². The molecule has 0 aliphatic rings. The summed E-state index contributed by atoms with van der Waals surface area (Å²) in [5.41, 5.74) is 9.22. The van der Waals surface area contributed by atoms with Crippen molar-refractivity contribution in [1.82, 2.24) is 10.3 Å². The number of hydrogen-bond donors (Lipinski definition) is 2. The molecule has 1 aromatic heterocycles. The highest BCUT2D eigenvalue weighted by Gasteiger charge is 1.98. The van der Waals surface area contributed by atoms with Gasteiger partial charge in [0.2, 0.25) is 0 Å². The summed E-state index contributed by atoms with van der Waals surface area (Å²) < 4.78 is 0. The minimum atomic E-state index is 0.464. The van der Waals surface area contributed by atoms with E-state index in [4.69, 9.17) is 5.73 Å². The van der Waals surface area contributed by atoms with Gasteiger partial charge in [0.25, 0.3) is 0 Å². The first-order valence-electron chi connectivity index (χ1n) is 6.74. The Morgan fingerprint density at radius 3 is 2.75 bits per heavy atom. The van der Waals surface area contributed by atoms with E-state index in [2.05, 4.69) is 27.4 Å². The van der Waals surface area contributed by atoms with Crippen molar-refractivity contribution in [3.8, 4) is 0 Å². The lowest BCUT2D eigenvalue weighted by atomic mass is 10.1. The molecule has 3 N–H and O–H groups in total. The molecule has 1 aromatic carbocycles. The maximum atomic E-state index is 5.85. The van der Waals surface area contributed by atoms with Crippen LogP contribution in [0.2, 0.25) is 0 Å². The lowest BCUT2D eigenvalue weighted by molar-refractivity contribution is 0.843. The molecule has 0 spiro atoms. The smallest absolute Gasteiger partial charge is 0.188 e. The van der Waals surface area contributed by atoms with Gasteiger partial charge in [0.15, 0.2) is 5.96 Å². The van der Waals surface area contributed by atoms with Crippen LogP contribution in [0.5, 0.6) is 0 Å². The van der Waals surface area contributed by atoms with Crippen molar-refractivity contribution in [2.24, 2.45) is 10.7 Å². The number of aryl methyl sites for hydroxylation is 1. The second-order valence-corrected chi connectivity index (χ2v) is 4.63. The molecule has 0 saturated heterocycles. The predicted octanol–water partition coefficient (Wildman–Crippen LogP) is 2.04. The summed E-state index contributed by atoms with van der Waals surface area (Å²) in [7, 11) is 0. The number of nitrogens with two attached hydrogens (primary N) is 1. The largest absolute Gasteiger partial charge is 0.370 e. The number of pyridine rings is 1. The standard InChI is InChI=1S/C16H20N4/c1-13-6-5-10-18-15(13)12-20-16(17)19-11-9-14-7-3-2-4-8-14/h2-8,10H,9,11-12H2,1H3,(H3,17,19,20). The fraction of sp³-hybridized carbons (Fsp3) is 0.250. The number of rotatable bonds is 5. The molecule has 20 heavy (non-hydrogen) atoms. The van der Waals surface area contributed by atoms with Crippen LogP contribution in [-0.2, 0) is 13.0 Å². The normalized spacial score (nSPS) is 11.3. The summed E-state index contributed by atoms with van der Waals surface area (Å²) in [5, 5.41) is 3.12. The van der Waals surface area contributed by atoms with E-state index in [9.17, 15) is 0 Å². The fourth-order valence-electron chi connectivity index (χ4n) is 1.88. The maximum Gasteiger partial charge on any atom is 0.188 e. The molecule has 0 fully saturated rings. The Morgan fingerprint density at radius 2 is 2.00 bits per heavy atom. The van der Waals surface area contributed by atoms with Crippen molar-refractivity contribution in [2.45, 2.75) is 19.9 Å². The molecule has 0 aliphatic heterocycles. The van der Waals surface area contributed by atoms with E-state index in [1.54, 1.807) is 6.20 Å². The van der Waals surface area contributed by atoms with Gasteiger partial charge in [0.05, 0.1) is 12.2 Å². The van der Waals surface area contributed by atoms with Gasteiger partial charge in [-0.1, -0.05) is 36.4 Å². The Kier molecular flexibility index (Phi) is 5.12. The first-order chi connectivity index (χ1) is 9.75. The SMILES string of the molecule is Cc1cccnc1CN=C(N)NCCc1ccccc1. The van der Waals surface area contributed by atoms with Crippen LogP contribution < -0.4 is 11.1 Å². The van der Waals surface area contributed by atoms with Gasteiger partial charge in [-0.25, -0.2) is 4.99 Å². The van der Waals surface area contributed by atoms with Crippen LogP contribution in [0.25, 0.3) is 0 Å². The lowest BCUT2D eigenvalue weighted by Crippen LogP contribution is -2.33. The highest BCUT2D eigenvalue weighted by atomic mass is 15.1. The summed E-state index contributed by atoms with van der Waals surface area (Å²) in [5.74, 6) is 0.464. The molecule has 4 heteroatoms. The van der Waals surface area contributed by atoms with E-state index < -0.39 is 0 Å². The Hall–Kier alpha value is -2.36. The number of hydrogen-bond acceptors (Lipinski definition) is 2. The lowest BCUT2D eigenvalue weighted by Gasteiger charge is -2.06. The van der Waals surface area contributed by atoms with Crippen molar-refractivity contribution >= 4 is 5.96 Å². The topological polar surface area (TPSA) is 63.3 Å². The average Bonchev–Trinajstić information content (AvgIpc) is 2.47. The van der Waals surface area contributed by atoms with Gasteiger partial charge in [-0.3, -0.25) is 4.98 Å². The van der Waals surface area contributed by atoms with Crippen molar-refractivity contribution in [3.05, 3.63) is 65.5 Å². The molecule has 0 aliphatic carbocycles. The summed E-state index contributed by atoms with van der Waals surface area (Å²) in [6, 6.07) is 14.2. The molecule has 0 amide bonds. The number of aromatic nitrogens is 1. The molecule has 1 heterocycles. The highest BCUT2D eigenvalue weighted by Crippen LogP contribution is 2.04. The Balaban J connectivity index is 1.79. The zero-order valence-corrected chi connectivity index (χ0v) is 11.7. The third kappa shape index (κ3) is 4.39. The van der Waals surface area contributed by atoms with E-state index in [0.29, 0.717) is 12.5 Å². The van der Waals surface area contributed by atoms with Gasteiger partial charge in [-0.2, -0.15) is 0 Å². The van der Waals surface area contributed by atoms with Crippen LogP contribution in [0.1, 0.15) is 16.8 Å². The van der Waals surface area contributed by atoms with Crippen LogP contribution in [0.3, 0.4) is 0 Å². The van der Waals surface area contributed by atoms with Crippen LogP contribution in [0, 0.1) is 6.92 Å². The third-order valence-electron chi connectivity index (χ3n) is 3.08. The second kappa shape index (κ2) is 7.28. The molecule has 4 nitrogen and oxygen atoms in total. The Morgan fingerprint density at radius 1 is 1.20 bits per heavy atom. The van der Waals surface area contributed by atoms with Crippen LogP contribution in [-0.4, -0.2) is 17.5 Å². The summed E-state index contributed by atoms with van der Waals surface area (Å²) in [6.07, 6.45) is 2.70. The molecule has 0 unspecified atom stereocenters. The molecular weight excluding hydrogens is 248 g/mol. The average molecular weight is 268 g/mol. The highest BCUT2D eigenvalue weighted by molar-refractivity contribution is 5.77. The van der Waals surface area contributed by atoms with Crippen LogP contribution in [0.4, 0.5) is 0 Å². The molecule has 0 atom stereocenters. The van der Waals surface area contributed by atoms with E-state index in [1.165, 1.54) is 5.56 Å². The number of nitrogens with one attached hydrogen (secondary N) is 1. The van der Waals surface area contributed by atoms with Crippen molar-refractivity contribution < 1.29 is 0 Å². The Labute approximate surface area is 119 Å². The van der Waals surface area contributed by atoms with Gasteiger partial charge < -0.3 is 11.1 Å². The maximum absolute atomic E-state index is 5.85. The summed E-state index contributed by atoms with van der Waals surface area (Å²) in [6.45, 7) is 3.31. The van der Waals surface area contributed by atoms with E-state index >= 15 is 0 Å². The van der Waals surface area contributed by atoms with Crippen molar-refractivity contribution in [1.29, 1.82) is 0 Å². The fourth-order valence-corrected chi connectivity index (χ4v) is 1.88. The van der Waals surface area contributed by atoms with Crippen molar-refractivity contribution in [3.63, 3.8) is 0 Å². The first kappa shape index (κ1) is 14.1. The van der Waals surface area contributed by atoms with Gasteiger partial charge in [-0.05, 0) is 30.5 Å². The van der Waals surface area contributed by atoms with Crippen LogP contribution in [0.15, 0.2) is 53.7 Å². The number of aliphatic imine (C=N–C) groups is 1. The van der Waals surface area contributed by atoms with Gasteiger partial charge >= 0.3 is 0 Å². The zero-order chi connectivity index (χ0) is 14.2.